The molecule has 88 heavy (non-hydrogen) atoms. The first kappa shape index (κ1) is 67.2. The highest BCUT2D eigenvalue weighted by Gasteiger charge is 2.65. The summed E-state index contributed by atoms with van der Waals surface area (Å²) in [5.41, 5.74) is -4.43. The van der Waals surface area contributed by atoms with Crippen LogP contribution in [0.1, 0.15) is 134 Å². The third kappa shape index (κ3) is 13.1. The fourth-order valence-corrected chi connectivity index (χ4v) is 15.8. The van der Waals surface area contributed by atoms with Gasteiger partial charge >= 0.3 is 18.0 Å². The van der Waals surface area contributed by atoms with E-state index in [-0.39, 0.29) is 49.7 Å². The van der Waals surface area contributed by atoms with Crippen molar-refractivity contribution in [3.63, 3.8) is 0 Å². The van der Waals surface area contributed by atoms with E-state index < -0.39 is 185 Å². The van der Waals surface area contributed by atoms with E-state index in [1.165, 1.54) is 39.0 Å². The molecule has 4 aliphatic carbocycles. The van der Waals surface area contributed by atoms with Crippen molar-refractivity contribution >= 4 is 29.6 Å². The van der Waals surface area contributed by atoms with Gasteiger partial charge in [-0.1, -0.05) is 62.8 Å². The number of ether oxygens (including phenoxy) is 11. The summed E-state index contributed by atoms with van der Waals surface area (Å²) >= 11 is 0. The molecule has 5 N–H and O–H groups in total. The van der Waals surface area contributed by atoms with Gasteiger partial charge in [0.2, 0.25) is 11.3 Å². The van der Waals surface area contributed by atoms with Crippen LogP contribution in [0.2, 0.25) is 0 Å². The Morgan fingerprint density at radius 3 is 2.11 bits per heavy atom. The number of carbonyl (C=O) groups excluding carboxylic acids is 5. The summed E-state index contributed by atoms with van der Waals surface area (Å²) in [6, 6.07) is -1.12. The molecular weight excluding hydrogens is 1150 g/mol. The molecule has 0 aromatic rings. The third-order valence-electron chi connectivity index (χ3n) is 20.2. The number of aliphatic hydroxyl groups excluding tert-OH is 4. The van der Waals surface area contributed by atoms with Gasteiger partial charge in [-0.3, -0.25) is 24.5 Å². The van der Waals surface area contributed by atoms with Crippen LogP contribution in [0.4, 0.5) is 4.79 Å². The molecule has 0 aromatic heterocycles. The van der Waals surface area contributed by atoms with Gasteiger partial charge in [0.25, 0.3) is 0 Å². The number of hydrogen-bond donors (Lipinski definition) is 5. The summed E-state index contributed by atoms with van der Waals surface area (Å²) in [5.74, 6) is -6.57. The Morgan fingerprint density at radius 1 is 0.784 bits per heavy atom. The number of ketones is 2. The van der Waals surface area contributed by atoms with Gasteiger partial charge in [-0.15, -0.1) is 0 Å². The number of hydrogen-bond acceptors (Lipinski definition) is 22. The van der Waals surface area contributed by atoms with Gasteiger partial charge in [-0.05, 0) is 103 Å². The first-order valence-electron chi connectivity index (χ1n) is 31.0. The van der Waals surface area contributed by atoms with Crippen LogP contribution < -0.4 is 5.32 Å². The van der Waals surface area contributed by atoms with Crippen LogP contribution >= 0.6 is 0 Å². The number of rotatable bonds is 13. The number of allylic oxidation sites excluding steroid dienone is 5. The van der Waals surface area contributed by atoms with Crippen molar-refractivity contribution in [3.05, 3.63) is 80.7 Å². The fourth-order valence-electron chi connectivity index (χ4n) is 15.8. The van der Waals surface area contributed by atoms with Crippen LogP contribution in [-0.2, 0) is 71.3 Å². The van der Waals surface area contributed by atoms with Crippen molar-refractivity contribution in [2.75, 3.05) is 7.11 Å². The fraction of sp³-hybridized carbons (Fsp3) is 0.734. The molecule has 5 aliphatic heterocycles. The lowest BCUT2D eigenvalue weighted by molar-refractivity contribution is -0.584. The normalized spacial score (nSPS) is 45.3. The molecule has 488 valence electrons. The lowest BCUT2D eigenvalue weighted by Gasteiger charge is -2.56. The number of amides is 1. The molecule has 24 nitrogen and oxygen atoms in total. The molecule has 0 unspecified atom stereocenters. The topological polar surface area (TPSA) is 323 Å². The minimum absolute atomic E-state index is 0.0964. The van der Waals surface area contributed by atoms with E-state index in [4.69, 9.17) is 52.1 Å². The molecule has 9 rings (SSSR count). The Bertz CT molecular complexity index is 2850. The van der Waals surface area contributed by atoms with Gasteiger partial charge < -0.3 is 77.8 Å². The van der Waals surface area contributed by atoms with E-state index in [1.54, 1.807) is 33.8 Å². The van der Waals surface area contributed by atoms with Gasteiger partial charge in [-0.25, -0.2) is 9.59 Å². The van der Waals surface area contributed by atoms with E-state index in [1.807, 2.05) is 32.9 Å². The zero-order valence-corrected chi connectivity index (χ0v) is 52.6. The number of fused-ring (bicyclic) bond motifs is 4. The van der Waals surface area contributed by atoms with E-state index in [0.29, 0.717) is 30.4 Å². The second kappa shape index (κ2) is 26.5. The van der Waals surface area contributed by atoms with E-state index in [2.05, 4.69) is 25.2 Å². The summed E-state index contributed by atoms with van der Waals surface area (Å²) in [6.07, 6.45) is -1.34. The molecule has 24 heteroatoms. The van der Waals surface area contributed by atoms with Crippen LogP contribution in [0.3, 0.4) is 0 Å². The van der Waals surface area contributed by atoms with E-state index in [9.17, 15) is 49.7 Å². The maximum atomic E-state index is 15.8. The quantitative estimate of drug-likeness (QED) is 0.0253. The maximum absolute atomic E-state index is 15.8. The molecular formula is C64H90N2O22. The molecule has 0 aromatic carbocycles. The summed E-state index contributed by atoms with van der Waals surface area (Å²) in [5, 5.41) is 61.6. The van der Waals surface area contributed by atoms with Crippen LogP contribution in [0.25, 0.3) is 0 Å². The lowest BCUT2D eigenvalue weighted by Crippen LogP contribution is -2.65. The molecule has 2 bridgehead atoms. The number of nitrogens with one attached hydrogen (secondary N) is 1. The average molecular weight is 1240 g/mol. The third-order valence-corrected chi connectivity index (χ3v) is 20.2. The Labute approximate surface area is 513 Å². The second-order valence-corrected chi connectivity index (χ2v) is 26.5. The summed E-state index contributed by atoms with van der Waals surface area (Å²) < 4.78 is 68.9. The predicted molar refractivity (Wildman–Crippen MR) is 311 cm³/mol. The Balaban J connectivity index is 1.05. The summed E-state index contributed by atoms with van der Waals surface area (Å²) in [4.78, 5) is 80.4. The van der Waals surface area contributed by atoms with Gasteiger partial charge in [-0.2, -0.15) is 0 Å². The molecule has 9 aliphatic rings. The van der Waals surface area contributed by atoms with Crippen molar-refractivity contribution < 1.29 is 101 Å². The van der Waals surface area contributed by atoms with Crippen molar-refractivity contribution in [1.82, 2.24) is 5.32 Å². The van der Waals surface area contributed by atoms with Gasteiger partial charge in [0.1, 0.15) is 29.6 Å². The molecule has 26 atom stereocenters. The molecule has 5 heterocycles. The minimum atomic E-state index is -2.14. The smallest absolute Gasteiger partial charge is 0.407 e. The zero-order valence-electron chi connectivity index (χ0n) is 52.6. The maximum Gasteiger partial charge on any atom is 0.407 e. The van der Waals surface area contributed by atoms with Crippen molar-refractivity contribution in [3.8, 4) is 0 Å². The Morgan fingerprint density at radius 2 is 1.45 bits per heavy atom. The summed E-state index contributed by atoms with van der Waals surface area (Å²) in [7, 11) is 1.15. The number of methoxy groups -OCH3 is 1. The zero-order chi connectivity index (χ0) is 64.2. The van der Waals surface area contributed by atoms with E-state index in [0.717, 1.165) is 12.7 Å². The monoisotopic (exact) mass is 1240 g/mol. The van der Waals surface area contributed by atoms with Crippen LogP contribution in [-0.4, -0.2) is 178 Å². The molecule has 0 radical (unpaired) electrons. The van der Waals surface area contributed by atoms with Gasteiger partial charge in [0, 0.05) is 61.7 Å². The molecule has 5 saturated heterocycles. The number of carbonyl (C=O) groups is 5. The van der Waals surface area contributed by atoms with Crippen molar-refractivity contribution in [2.45, 2.75) is 250 Å². The van der Waals surface area contributed by atoms with Crippen LogP contribution in [0.5, 0.6) is 0 Å². The highest BCUT2D eigenvalue weighted by atomic mass is 16.7. The molecule has 1 amide bonds. The number of aliphatic hydroxyl groups is 4. The second-order valence-electron chi connectivity index (χ2n) is 26.5. The van der Waals surface area contributed by atoms with Crippen LogP contribution in [0.15, 0.2) is 70.6 Å². The number of Topliss-reactive ketones (excluding diaryl/α,β-unsaturated/α-hetero) is 1. The largest absolute Gasteiger partial charge is 0.511 e. The number of alkyl carbamates (subject to hydrolysis) is 1. The molecule has 1 spiro atoms. The SMILES string of the molecule is COC(=O)N[C@H]1[C@@H](C)O[C@@H](O[C@H]2C/C=C(\C)[C@@H]3C=C[C@@H]4[C@@H](O[C@H]5C[C@@H](O[C@H]6CC[C@@H](O[C@@H]7C[C@@H](O)[C@@H](O)[C@H](C)O7)[C@H](C)O6)[C@@H](OC(C)=O)[C@H](C)O5)[C@@H](C)C[C@H](C)[C@H]4[C@]3(C)C(O)=C3C(=O)O[C@]4(CC(/C=C/C(C)=O)=C[C@H](O)[C@H]4C=C2C)C3=O)C[C@]1(C)[N+](=O)[O-]. The number of esters is 2. The average Bonchev–Trinajstić information content (AvgIpc) is 1.35. The summed E-state index contributed by atoms with van der Waals surface area (Å²) in [6.45, 7) is 20.5. The Hall–Kier alpha value is -5.25. The number of nitrogens with zero attached hydrogens (tertiary/aromatic N) is 1. The first-order valence-corrected chi connectivity index (χ1v) is 31.0. The molecule has 1 saturated carbocycles. The minimum Gasteiger partial charge on any atom is -0.511 e. The van der Waals surface area contributed by atoms with Crippen molar-refractivity contribution in [2.24, 2.45) is 40.9 Å². The standard InChI is InChI=1S/C64H90N2O22/c1-29-14-19-45(84-51-28-62(11,66(76)77)57(37(9)82-51)65-61(75)78-13)30(2)23-42-43(69)24-39(16-15-33(5)67)27-64(42)59(73)52(60(74)88-64)58(72)63(12)41(29)18-17-40-53(63)31(3)22-32(4)55(40)87-50-26-47(56(36(8)81-50)83-38(10)68)86-48-21-20-46(34(6)79-48)85-49-25-44(70)54(71)35(7)80-49/h14-18,23-24,31-32,34-37,40-51,53-57,69-72H,19-22,25-28H2,1-13H3,(H,65,75)/b16-15+,29-14+,30-23?,58-52?/t31-,32-,34-,35-,36-,37+,40-,41-,42+,43-,44+,45-,46+,47+,48-,49+,50-,51-,53+,54-,55-,56-,57-,62-,63+,64-/m0/s1. The Kier molecular flexibility index (Phi) is 20.2. The predicted octanol–water partition coefficient (Wildman–Crippen LogP) is 6.40. The highest BCUT2D eigenvalue weighted by molar-refractivity contribution is 6.26. The van der Waals surface area contributed by atoms with Gasteiger partial charge in [0.05, 0.1) is 74.4 Å². The highest BCUT2D eigenvalue weighted by Crippen LogP contribution is 2.61. The van der Waals surface area contributed by atoms with Gasteiger partial charge in [0.15, 0.2) is 42.6 Å². The molecule has 6 fully saturated rings. The number of nitro groups is 1. The lowest BCUT2D eigenvalue weighted by atomic mass is 9.49. The first-order chi connectivity index (χ1) is 41.4. The van der Waals surface area contributed by atoms with Crippen molar-refractivity contribution in [1.29, 1.82) is 0 Å². The van der Waals surface area contributed by atoms with Crippen LogP contribution in [0, 0.1) is 51.0 Å². The van der Waals surface area contributed by atoms with E-state index >= 15 is 4.79 Å².